The molecule has 0 bridgehead atoms. The summed E-state index contributed by atoms with van der Waals surface area (Å²) < 4.78 is 0. The molecule has 1 radical (unpaired) electrons. The molecule has 0 amide bonds. The summed E-state index contributed by atoms with van der Waals surface area (Å²) in [7, 11) is 0. The van der Waals surface area contributed by atoms with Crippen LogP contribution in [0.15, 0.2) is 0 Å². The first-order valence-electron chi connectivity index (χ1n) is 1.70. The SMILES string of the molecule is O.O=[N+]([O-])O.O=[N+]([O-])O.O=[N+]([O-])O.[Dy+3]. The summed E-state index contributed by atoms with van der Waals surface area (Å²) in [4.78, 5) is 25.1. The zero-order valence-corrected chi connectivity index (χ0v) is 7.98. The van der Waals surface area contributed by atoms with Gasteiger partial charge in [0, 0.05) is 0 Å². The topological polar surface area (TPSA) is 222 Å². The molecular formula is H5DyN3O10+3. The fraction of sp³-hybridized carbons (Fsp3) is 0. The van der Waals surface area contributed by atoms with Gasteiger partial charge in [0.2, 0.25) is 0 Å². The second-order valence-corrected chi connectivity index (χ2v) is 0.714. The Morgan fingerprint density at radius 2 is 0.714 bits per heavy atom. The van der Waals surface area contributed by atoms with Crippen LogP contribution in [0.5, 0.6) is 0 Å². The van der Waals surface area contributed by atoms with E-state index in [0.717, 1.165) is 0 Å². The van der Waals surface area contributed by atoms with Gasteiger partial charge in [-0.3, -0.25) is 0 Å². The van der Waals surface area contributed by atoms with E-state index in [2.05, 4.69) is 0 Å². The molecule has 0 aliphatic heterocycles. The van der Waals surface area contributed by atoms with Crippen LogP contribution >= 0.6 is 0 Å². The van der Waals surface area contributed by atoms with Crippen LogP contribution in [0.2, 0.25) is 0 Å². The van der Waals surface area contributed by atoms with Crippen molar-refractivity contribution in [3.05, 3.63) is 30.3 Å². The van der Waals surface area contributed by atoms with Gasteiger partial charge in [-0.05, 0) is 0 Å². The molecule has 0 unspecified atom stereocenters. The molecule has 0 aromatic heterocycles. The monoisotopic (exact) mass is 371 g/mol. The molecule has 0 spiro atoms. The molecule has 0 saturated heterocycles. The van der Waals surface area contributed by atoms with Crippen molar-refractivity contribution in [2.45, 2.75) is 0 Å². The van der Waals surface area contributed by atoms with E-state index < -0.39 is 15.3 Å². The first-order chi connectivity index (χ1) is 5.20. The molecule has 14 heavy (non-hydrogen) atoms. The molecule has 0 saturated carbocycles. The third-order valence-electron chi connectivity index (χ3n) is 0. The standard InChI is InChI=1S/Dy.3HNO3.H2O/c;3*2-1(3)4;/h;3*(H,2,3,4);1H2/q+3;;;;. The molecule has 0 fully saturated rings. The minimum absolute atomic E-state index is 0. The van der Waals surface area contributed by atoms with Crippen LogP contribution in [-0.4, -0.2) is 36.4 Å². The summed E-state index contributed by atoms with van der Waals surface area (Å²) in [6.07, 6.45) is 0. The summed E-state index contributed by atoms with van der Waals surface area (Å²) in [5, 5.41) is 40.9. The van der Waals surface area contributed by atoms with E-state index in [1.165, 1.54) is 0 Å². The minimum atomic E-state index is -1.50. The molecule has 0 aliphatic rings. The van der Waals surface area contributed by atoms with Crippen molar-refractivity contribution in [1.29, 1.82) is 0 Å². The van der Waals surface area contributed by atoms with Crippen molar-refractivity contribution >= 4 is 0 Å². The summed E-state index contributed by atoms with van der Waals surface area (Å²) in [5.74, 6) is 0. The van der Waals surface area contributed by atoms with Crippen molar-refractivity contribution < 1.29 is 74.5 Å². The Morgan fingerprint density at radius 3 is 0.714 bits per heavy atom. The van der Waals surface area contributed by atoms with Gasteiger partial charge in [-0.1, -0.05) is 0 Å². The molecule has 0 rings (SSSR count). The van der Waals surface area contributed by atoms with Gasteiger partial charge in [0.1, 0.15) is 0 Å². The van der Waals surface area contributed by atoms with E-state index in [1.54, 1.807) is 0 Å². The maximum atomic E-state index is 8.36. The van der Waals surface area contributed by atoms with Gasteiger partial charge in [-0.25, -0.2) is 0 Å². The second kappa shape index (κ2) is 22.6. The van der Waals surface area contributed by atoms with E-state index in [1.807, 2.05) is 0 Å². The first-order valence-corrected chi connectivity index (χ1v) is 1.70. The Bertz CT molecular complexity index is 113. The fourth-order valence-corrected chi connectivity index (χ4v) is 0. The number of rotatable bonds is 0. The van der Waals surface area contributed by atoms with Gasteiger partial charge in [0.05, 0.1) is 0 Å². The molecule has 13 nitrogen and oxygen atoms in total. The fourth-order valence-electron chi connectivity index (χ4n) is 0. The molecule has 0 aromatic carbocycles. The van der Waals surface area contributed by atoms with Crippen molar-refractivity contribution in [2.75, 3.05) is 0 Å². The van der Waals surface area contributed by atoms with Gasteiger partial charge in [0.25, 0.3) is 15.3 Å². The normalized spacial score (nSPS) is 5.14. The zero-order valence-electron chi connectivity index (χ0n) is 5.95. The van der Waals surface area contributed by atoms with Gasteiger partial charge >= 0.3 is 38.2 Å². The van der Waals surface area contributed by atoms with Crippen molar-refractivity contribution in [2.24, 2.45) is 0 Å². The van der Waals surface area contributed by atoms with Gasteiger partial charge in [-0.2, -0.15) is 0 Å². The number of nitrogens with zero attached hydrogens (tertiary/aromatic N) is 3. The van der Waals surface area contributed by atoms with E-state index in [0.29, 0.717) is 0 Å². The van der Waals surface area contributed by atoms with E-state index in [-0.39, 0.29) is 43.6 Å². The molecule has 0 aliphatic carbocycles. The van der Waals surface area contributed by atoms with Crippen LogP contribution in [0.25, 0.3) is 0 Å². The first kappa shape index (κ1) is 29.3. The molecule has 14 heteroatoms. The van der Waals surface area contributed by atoms with Gasteiger partial charge in [-0.15, -0.1) is 30.3 Å². The van der Waals surface area contributed by atoms with Crippen LogP contribution in [0, 0.1) is 68.5 Å². The number of hydrogen-bond donors (Lipinski definition) is 3. The predicted octanol–water partition coefficient (Wildman–Crippen LogP) is -1.87. The summed E-state index contributed by atoms with van der Waals surface area (Å²) in [5.41, 5.74) is 0. The van der Waals surface area contributed by atoms with Crippen LogP contribution in [-0.2, 0) is 0 Å². The molecule has 0 atom stereocenters. The van der Waals surface area contributed by atoms with Crippen molar-refractivity contribution in [3.63, 3.8) is 0 Å². The maximum Gasteiger partial charge on any atom is 3.00 e. The number of hydrogen-bond acceptors (Lipinski definition) is 6. The quantitative estimate of drug-likeness (QED) is 0.321. The smallest absolute Gasteiger partial charge is 0.412 e. The summed E-state index contributed by atoms with van der Waals surface area (Å²) in [6, 6.07) is 0. The maximum absolute atomic E-state index is 8.36. The largest absolute Gasteiger partial charge is 3.00 e. The minimum Gasteiger partial charge on any atom is -0.412 e. The van der Waals surface area contributed by atoms with Crippen LogP contribution in [0.3, 0.4) is 0 Å². The molecule has 5 N–H and O–H groups in total. The van der Waals surface area contributed by atoms with Crippen molar-refractivity contribution in [1.82, 2.24) is 0 Å². The third-order valence-corrected chi connectivity index (χ3v) is 0. The van der Waals surface area contributed by atoms with E-state index in [4.69, 9.17) is 46.0 Å². The van der Waals surface area contributed by atoms with E-state index >= 15 is 0 Å². The summed E-state index contributed by atoms with van der Waals surface area (Å²) in [6.45, 7) is 0. The summed E-state index contributed by atoms with van der Waals surface area (Å²) >= 11 is 0. The zero-order chi connectivity index (χ0) is 10.7. The molecule has 0 aromatic rings. The second-order valence-electron chi connectivity index (χ2n) is 0.714. The van der Waals surface area contributed by atoms with Crippen LogP contribution in [0.4, 0.5) is 0 Å². The molecule has 0 heterocycles. The van der Waals surface area contributed by atoms with Gasteiger partial charge in [0.15, 0.2) is 0 Å². The predicted molar refractivity (Wildman–Crippen MR) is 30.0 cm³/mol. The van der Waals surface area contributed by atoms with Gasteiger partial charge < -0.3 is 21.1 Å². The van der Waals surface area contributed by atoms with Crippen LogP contribution < -0.4 is 0 Å². The Balaban J connectivity index is -0.0000000270. The Morgan fingerprint density at radius 1 is 0.714 bits per heavy atom. The Labute approximate surface area is 105 Å². The van der Waals surface area contributed by atoms with Crippen LogP contribution in [0.1, 0.15) is 0 Å². The van der Waals surface area contributed by atoms with E-state index in [9.17, 15) is 0 Å². The molecule has 87 valence electrons. The third kappa shape index (κ3) is 769. The van der Waals surface area contributed by atoms with Crippen molar-refractivity contribution in [3.8, 4) is 0 Å². The Hall–Kier alpha value is -1.17. The Kier molecular flexibility index (Phi) is 47.3. The molecular weight excluding hydrogens is 365 g/mol. The average molecular weight is 370 g/mol. The average Bonchev–Trinajstić information content (AvgIpc) is 1.54.